The summed E-state index contributed by atoms with van der Waals surface area (Å²) in [5.74, 6) is 3.44. The minimum atomic E-state index is 0.103. The van der Waals surface area contributed by atoms with Crippen LogP contribution < -0.4 is 15.4 Å². The minimum absolute atomic E-state index is 0.103. The van der Waals surface area contributed by atoms with Gasteiger partial charge in [-0.3, -0.25) is 4.79 Å². The molecule has 2 fully saturated rings. The number of aromatic nitrogens is 1. The third-order valence-corrected chi connectivity index (χ3v) is 7.17. The molecule has 2 atom stereocenters. The van der Waals surface area contributed by atoms with E-state index >= 15 is 0 Å². The molecule has 0 unspecified atom stereocenters. The molecular weight excluding hydrogens is 402 g/mol. The summed E-state index contributed by atoms with van der Waals surface area (Å²) in [5, 5.41) is 10.9. The van der Waals surface area contributed by atoms with Gasteiger partial charge in [-0.2, -0.15) is 0 Å². The molecule has 1 aliphatic carbocycles. The van der Waals surface area contributed by atoms with Gasteiger partial charge in [-0.15, -0.1) is 0 Å². The number of rotatable bonds is 9. The van der Waals surface area contributed by atoms with Crippen LogP contribution >= 0.6 is 0 Å². The second-order valence-corrected chi connectivity index (χ2v) is 9.50. The summed E-state index contributed by atoms with van der Waals surface area (Å²) in [4.78, 5) is 12.7. The summed E-state index contributed by atoms with van der Waals surface area (Å²) >= 11 is 0. The first kappa shape index (κ1) is 22.8. The number of para-hydroxylation sites is 1. The molecule has 4 rings (SSSR count). The average molecular weight is 440 g/mol. The van der Waals surface area contributed by atoms with Crippen LogP contribution in [0.4, 0.5) is 0 Å². The van der Waals surface area contributed by atoms with Crippen LogP contribution in [-0.4, -0.2) is 31.3 Å². The smallest absolute Gasteiger partial charge is 0.220 e. The molecule has 2 aromatic rings. The number of hydrogen-bond donors (Lipinski definition) is 2. The zero-order valence-electron chi connectivity index (χ0n) is 19.3. The highest BCUT2D eigenvalue weighted by Crippen LogP contribution is 2.29. The van der Waals surface area contributed by atoms with E-state index in [4.69, 9.17) is 9.26 Å². The topological polar surface area (TPSA) is 76.4 Å². The number of benzene rings is 1. The monoisotopic (exact) mass is 439 g/mol. The predicted molar refractivity (Wildman–Crippen MR) is 124 cm³/mol. The fourth-order valence-electron chi connectivity index (χ4n) is 5.33. The van der Waals surface area contributed by atoms with Gasteiger partial charge in [0, 0.05) is 31.0 Å². The van der Waals surface area contributed by atoms with Gasteiger partial charge in [0.15, 0.2) is 0 Å². The highest BCUT2D eigenvalue weighted by Gasteiger charge is 2.28. The van der Waals surface area contributed by atoms with Crippen molar-refractivity contribution in [1.82, 2.24) is 15.8 Å². The molecule has 1 amide bonds. The number of ether oxygens (including phenoxy) is 1. The largest absolute Gasteiger partial charge is 0.496 e. The summed E-state index contributed by atoms with van der Waals surface area (Å²) in [6, 6.07) is 9.97. The van der Waals surface area contributed by atoms with Crippen LogP contribution in [0, 0.1) is 17.8 Å². The van der Waals surface area contributed by atoms with E-state index in [-0.39, 0.29) is 5.91 Å². The first-order chi connectivity index (χ1) is 15.7. The Morgan fingerprint density at radius 3 is 2.84 bits per heavy atom. The van der Waals surface area contributed by atoms with Crippen molar-refractivity contribution in [3.05, 3.63) is 47.3 Å². The molecule has 1 saturated heterocycles. The lowest BCUT2D eigenvalue weighted by Crippen LogP contribution is -2.40. The first-order valence-corrected chi connectivity index (χ1v) is 12.2. The maximum Gasteiger partial charge on any atom is 0.220 e. The molecule has 1 aromatic carbocycles. The Balaban J connectivity index is 1.28. The Morgan fingerprint density at radius 2 is 2.00 bits per heavy atom. The molecule has 2 heterocycles. The summed E-state index contributed by atoms with van der Waals surface area (Å²) in [6.45, 7) is 2.38. The molecule has 32 heavy (non-hydrogen) atoms. The van der Waals surface area contributed by atoms with E-state index in [1.807, 2.05) is 24.3 Å². The van der Waals surface area contributed by atoms with Gasteiger partial charge in [0.1, 0.15) is 11.5 Å². The normalized spacial score (nSPS) is 21.9. The number of piperidine rings is 1. The SMILES string of the molecule is COc1ccccc1CNC(=O)C[C@@H]1CCNC[C@@H]1Cc1cc(CC2CCCCC2)on1. The highest BCUT2D eigenvalue weighted by atomic mass is 16.5. The molecule has 6 nitrogen and oxygen atoms in total. The van der Waals surface area contributed by atoms with Crippen molar-refractivity contribution in [1.29, 1.82) is 0 Å². The molecule has 6 heteroatoms. The van der Waals surface area contributed by atoms with Crippen LogP contribution in [0.25, 0.3) is 0 Å². The van der Waals surface area contributed by atoms with E-state index in [1.165, 1.54) is 32.1 Å². The maximum atomic E-state index is 12.7. The lowest BCUT2D eigenvalue weighted by molar-refractivity contribution is -0.122. The molecule has 0 bridgehead atoms. The Labute approximate surface area is 191 Å². The van der Waals surface area contributed by atoms with Crippen molar-refractivity contribution in [2.75, 3.05) is 20.2 Å². The van der Waals surface area contributed by atoms with Gasteiger partial charge in [-0.25, -0.2) is 0 Å². The van der Waals surface area contributed by atoms with Gasteiger partial charge in [0.25, 0.3) is 0 Å². The zero-order chi connectivity index (χ0) is 22.2. The van der Waals surface area contributed by atoms with Gasteiger partial charge in [-0.1, -0.05) is 55.5 Å². The van der Waals surface area contributed by atoms with Crippen LogP contribution in [0.15, 0.2) is 34.9 Å². The van der Waals surface area contributed by atoms with E-state index in [2.05, 4.69) is 21.9 Å². The Morgan fingerprint density at radius 1 is 1.16 bits per heavy atom. The van der Waals surface area contributed by atoms with Gasteiger partial charge in [0.05, 0.1) is 12.8 Å². The van der Waals surface area contributed by atoms with E-state index in [1.54, 1.807) is 7.11 Å². The molecule has 0 spiro atoms. The van der Waals surface area contributed by atoms with E-state index in [0.717, 1.165) is 61.0 Å². The number of amides is 1. The molecule has 2 aliphatic rings. The van der Waals surface area contributed by atoms with Gasteiger partial charge >= 0.3 is 0 Å². The first-order valence-electron chi connectivity index (χ1n) is 12.2. The van der Waals surface area contributed by atoms with Gasteiger partial charge in [-0.05, 0) is 49.8 Å². The molecular formula is C26H37N3O3. The fraction of sp³-hybridized carbons (Fsp3) is 0.615. The Kier molecular flexibility index (Phi) is 8.21. The van der Waals surface area contributed by atoms with E-state index < -0.39 is 0 Å². The number of carbonyl (C=O) groups is 1. The van der Waals surface area contributed by atoms with Crippen LogP contribution in [0.1, 0.15) is 62.0 Å². The average Bonchev–Trinajstić information content (AvgIpc) is 3.26. The highest BCUT2D eigenvalue weighted by molar-refractivity contribution is 5.76. The molecule has 1 saturated carbocycles. The number of nitrogens with one attached hydrogen (secondary N) is 2. The van der Waals surface area contributed by atoms with Crippen LogP contribution in [-0.2, 0) is 24.2 Å². The second-order valence-electron chi connectivity index (χ2n) is 9.50. The van der Waals surface area contributed by atoms with Crippen molar-refractivity contribution < 1.29 is 14.1 Å². The van der Waals surface area contributed by atoms with Crippen molar-refractivity contribution >= 4 is 5.91 Å². The molecule has 0 radical (unpaired) electrons. The molecule has 1 aromatic heterocycles. The number of hydrogen-bond acceptors (Lipinski definition) is 5. The standard InChI is InChI=1S/C26H37N3O3/c1-31-25-10-6-5-9-21(25)18-28-26(30)15-20-11-12-27-17-22(20)14-23-16-24(32-29-23)13-19-7-3-2-4-8-19/h5-6,9-10,16,19-20,22,27H,2-4,7-8,11-15,17-18H2,1H3,(H,28,30)/t20-,22-/m0/s1. The third-order valence-electron chi connectivity index (χ3n) is 7.17. The second kappa shape index (κ2) is 11.5. The third kappa shape index (κ3) is 6.35. The van der Waals surface area contributed by atoms with Gasteiger partial charge in [0.2, 0.25) is 5.91 Å². The lowest BCUT2D eigenvalue weighted by atomic mass is 9.81. The van der Waals surface area contributed by atoms with Crippen molar-refractivity contribution in [2.24, 2.45) is 17.8 Å². The minimum Gasteiger partial charge on any atom is -0.496 e. The van der Waals surface area contributed by atoms with Crippen molar-refractivity contribution in [3.8, 4) is 5.75 Å². The quantitative estimate of drug-likeness (QED) is 0.610. The summed E-state index contributed by atoms with van der Waals surface area (Å²) < 4.78 is 11.1. The summed E-state index contributed by atoms with van der Waals surface area (Å²) in [7, 11) is 1.66. The molecule has 2 N–H and O–H groups in total. The summed E-state index contributed by atoms with van der Waals surface area (Å²) in [5.41, 5.74) is 2.03. The van der Waals surface area contributed by atoms with Crippen molar-refractivity contribution in [3.63, 3.8) is 0 Å². The van der Waals surface area contributed by atoms with E-state index in [0.29, 0.717) is 24.8 Å². The lowest BCUT2D eigenvalue weighted by Gasteiger charge is -2.31. The Hall–Kier alpha value is -2.34. The maximum absolute atomic E-state index is 12.7. The van der Waals surface area contributed by atoms with Crippen LogP contribution in [0.5, 0.6) is 5.75 Å². The van der Waals surface area contributed by atoms with Crippen molar-refractivity contribution in [2.45, 2.75) is 64.3 Å². The van der Waals surface area contributed by atoms with Crippen LogP contribution in [0.2, 0.25) is 0 Å². The number of carbonyl (C=O) groups excluding carboxylic acids is 1. The fourth-order valence-corrected chi connectivity index (χ4v) is 5.33. The zero-order valence-corrected chi connectivity index (χ0v) is 19.3. The van der Waals surface area contributed by atoms with E-state index in [9.17, 15) is 4.79 Å². The number of nitrogens with zero attached hydrogens (tertiary/aromatic N) is 1. The molecule has 174 valence electrons. The predicted octanol–water partition coefficient (Wildman–Crippen LogP) is 4.28. The number of methoxy groups -OCH3 is 1. The summed E-state index contributed by atoms with van der Waals surface area (Å²) in [6.07, 6.45) is 10.1. The van der Waals surface area contributed by atoms with Crippen LogP contribution in [0.3, 0.4) is 0 Å². The van der Waals surface area contributed by atoms with Gasteiger partial charge < -0.3 is 19.9 Å². The molecule has 1 aliphatic heterocycles. The Bertz CT molecular complexity index is 860.